The summed E-state index contributed by atoms with van der Waals surface area (Å²) in [5.41, 5.74) is 2.32. The lowest BCUT2D eigenvalue weighted by Crippen LogP contribution is -2.23. The number of amides is 1. The quantitative estimate of drug-likeness (QED) is 0.616. The molecule has 16 heavy (non-hydrogen) atoms. The molecule has 0 aromatic heterocycles. The molecule has 0 aliphatic rings. The Morgan fingerprint density at radius 3 is 2.75 bits per heavy atom. The summed E-state index contributed by atoms with van der Waals surface area (Å²) in [6.07, 6.45) is 0.377. The topological polar surface area (TPSA) is 38.3 Å². The Balaban J connectivity index is 2.20. The number of hydrogen-bond donors (Lipinski definition) is 1. The summed E-state index contributed by atoms with van der Waals surface area (Å²) in [5, 5.41) is 0. The van der Waals surface area contributed by atoms with E-state index in [1.165, 1.54) is 23.9 Å². The Hall–Kier alpha value is -1.07. The molecule has 0 spiro atoms. The van der Waals surface area contributed by atoms with Gasteiger partial charge in [0, 0.05) is 17.1 Å². The highest BCUT2D eigenvalue weighted by atomic mass is 32.2. The standard InChI is InChI=1S/C11H14FNO2S/c1-2-15-13-11(14)7-8-16-10-5-3-9(12)4-6-10/h3-6H,2,7-8H2,1H3,(H,13,14). The molecule has 3 nitrogen and oxygen atoms in total. The van der Waals surface area contributed by atoms with Crippen molar-refractivity contribution in [1.82, 2.24) is 5.48 Å². The maximum atomic E-state index is 12.6. The maximum absolute atomic E-state index is 12.6. The van der Waals surface area contributed by atoms with E-state index in [0.717, 1.165) is 4.90 Å². The molecule has 1 rings (SSSR count). The summed E-state index contributed by atoms with van der Waals surface area (Å²) in [6.45, 7) is 2.25. The third kappa shape index (κ3) is 5.14. The van der Waals surface area contributed by atoms with Crippen LogP contribution in [-0.4, -0.2) is 18.3 Å². The van der Waals surface area contributed by atoms with Crippen LogP contribution in [0.3, 0.4) is 0 Å². The molecule has 0 unspecified atom stereocenters. The molecular weight excluding hydrogens is 229 g/mol. The van der Waals surface area contributed by atoms with Crippen molar-refractivity contribution < 1.29 is 14.0 Å². The molecule has 5 heteroatoms. The fourth-order valence-electron chi connectivity index (χ4n) is 0.996. The molecule has 88 valence electrons. The number of carbonyl (C=O) groups is 1. The molecule has 0 aliphatic carbocycles. The van der Waals surface area contributed by atoms with Gasteiger partial charge in [0.1, 0.15) is 5.82 Å². The van der Waals surface area contributed by atoms with E-state index in [9.17, 15) is 9.18 Å². The number of rotatable bonds is 6. The minimum Gasteiger partial charge on any atom is -0.274 e. The Kier molecular flexibility index (Phi) is 5.88. The Morgan fingerprint density at radius 1 is 1.44 bits per heavy atom. The zero-order valence-electron chi connectivity index (χ0n) is 9.03. The SMILES string of the molecule is CCONC(=O)CCSc1ccc(F)cc1. The number of nitrogens with one attached hydrogen (secondary N) is 1. The van der Waals surface area contributed by atoms with E-state index in [0.29, 0.717) is 18.8 Å². The number of hydrogen-bond acceptors (Lipinski definition) is 3. The zero-order valence-corrected chi connectivity index (χ0v) is 9.85. The third-order valence-electron chi connectivity index (χ3n) is 1.74. The van der Waals surface area contributed by atoms with Crippen LogP contribution in [0.15, 0.2) is 29.2 Å². The van der Waals surface area contributed by atoms with Gasteiger partial charge in [-0.05, 0) is 31.2 Å². The van der Waals surface area contributed by atoms with Crippen LogP contribution in [0.1, 0.15) is 13.3 Å². The molecule has 0 atom stereocenters. The molecule has 0 bridgehead atoms. The Morgan fingerprint density at radius 2 is 2.12 bits per heavy atom. The van der Waals surface area contributed by atoms with Crippen molar-refractivity contribution in [3.05, 3.63) is 30.1 Å². The molecule has 1 amide bonds. The van der Waals surface area contributed by atoms with Crippen LogP contribution in [-0.2, 0) is 9.63 Å². The molecule has 0 heterocycles. The highest BCUT2D eigenvalue weighted by molar-refractivity contribution is 7.99. The maximum Gasteiger partial charge on any atom is 0.244 e. The van der Waals surface area contributed by atoms with Gasteiger partial charge in [-0.15, -0.1) is 11.8 Å². The van der Waals surface area contributed by atoms with Gasteiger partial charge < -0.3 is 0 Å². The number of halogens is 1. The fourth-order valence-corrected chi connectivity index (χ4v) is 1.85. The highest BCUT2D eigenvalue weighted by Crippen LogP contribution is 2.18. The van der Waals surface area contributed by atoms with E-state index >= 15 is 0 Å². The van der Waals surface area contributed by atoms with Crippen molar-refractivity contribution in [3.8, 4) is 0 Å². The lowest BCUT2D eigenvalue weighted by atomic mass is 10.4. The lowest BCUT2D eigenvalue weighted by Gasteiger charge is -2.03. The van der Waals surface area contributed by atoms with Crippen molar-refractivity contribution in [2.75, 3.05) is 12.4 Å². The van der Waals surface area contributed by atoms with E-state index in [-0.39, 0.29) is 11.7 Å². The largest absolute Gasteiger partial charge is 0.274 e. The van der Waals surface area contributed by atoms with E-state index in [1.807, 2.05) is 0 Å². The minimum absolute atomic E-state index is 0.142. The summed E-state index contributed by atoms with van der Waals surface area (Å²) in [7, 11) is 0. The smallest absolute Gasteiger partial charge is 0.244 e. The van der Waals surface area contributed by atoms with Crippen molar-refractivity contribution in [3.63, 3.8) is 0 Å². The zero-order chi connectivity index (χ0) is 11.8. The van der Waals surface area contributed by atoms with Crippen molar-refractivity contribution in [2.24, 2.45) is 0 Å². The predicted octanol–water partition coefficient (Wildman–Crippen LogP) is 2.38. The van der Waals surface area contributed by atoms with E-state index in [4.69, 9.17) is 4.84 Å². The van der Waals surface area contributed by atoms with Crippen LogP contribution in [0.4, 0.5) is 4.39 Å². The summed E-state index contributed by atoms with van der Waals surface area (Å²) in [4.78, 5) is 16.8. The molecule has 1 aromatic rings. The van der Waals surface area contributed by atoms with E-state index in [2.05, 4.69) is 5.48 Å². The van der Waals surface area contributed by atoms with Gasteiger partial charge in [0.05, 0.1) is 6.61 Å². The van der Waals surface area contributed by atoms with Gasteiger partial charge in [0.25, 0.3) is 0 Å². The van der Waals surface area contributed by atoms with Crippen LogP contribution in [0.25, 0.3) is 0 Å². The second kappa shape index (κ2) is 7.24. The molecule has 0 aliphatic heterocycles. The average Bonchev–Trinajstić information content (AvgIpc) is 2.29. The summed E-state index contributed by atoms with van der Waals surface area (Å²) < 4.78 is 12.6. The predicted molar refractivity (Wildman–Crippen MR) is 61.5 cm³/mol. The van der Waals surface area contributed by atoms with Gasteiger partial charge in [-0.3, -0.25) is 9.63 Å². The summed E-state index contributed by atoms with van der Waals surface area (Å²) in [5.74, 6) is 0.250. The van der Waals surface area contributed by atoms with Crippen molar-refractivity contribution in [1.29, 1.82) is 0 Å². The van der Waals surface area contributed by atoms with Gasteiger partial charge in [0.15, 0.2) is 0 Å². The normalized spacial score (nSPS) is 10.1. The van der Waals surface area contributed by atoms with Gasteiger partial charge >= 0.3 is 0 Å². The average molecular weight is 243 g/mol. The molecule has 0 saturated heterocycles. The molecule has 1 N–H and O–H groups in total. The van der Waals surface area contributed by atoms with E-state index in [1.54, 1.807) is 19.1 Å². The van der Waals surface area contributed by atoms with E-state index < -0.39 is 0 Å². The summed E-state index contributed by atoms with van der Waals surface area (Å²) in [6, 6.07) is 6.20. The number of carbonyl (C=O) groups excluding carboxylic acids is 1. The third-order valence-corrected chi connectivity index (χ3v) is 2.76. The molecule has 0 fully saturated rings. The first-order valence-electron chi connectivity index (χ1n) is 5.01. The molecule has 1 aromatic carbocycles. The second-order valence-electron chi connectivity index (χ2n) is 3.01. The first kappa shape index (κ1) is 13.0. The highest BCUT2D eigenvalue weighted by Gasteiger charge is 2.01. The molecule has 0 saturated carbocycles. The summed E-state index contributed by atoms with van der Waals surface area (Å²) >= 11 is 1.51. The second-order valence-corrected chi connectivity index (χ2v) is 4.18. The van der Waals surface area contributed by atoms with Crippen LogP contribution < -0.4 is 5.48 Å². The van der Waals surface area contributed by atoms with Gasteiger partial charge in [0.2, 0.25) is 5.91 Å². The minimum atomic E-state index is -0.251. The van der Waals surface area contributed by atoms with Crippen molar-refractivity contribution >= 4 is 17.7 Å². The lowest BCUT2D eigenvalue weighted by molar-refractivity contribution is -0.132. The van der Waals surface area contributed by atoms with Gasteiger partial charge in [-0.2, -0.15) is 0 Å². The van der Waals surface area contributed by atoms with Crippen LogP contribution in [0.2, 0.25) is 0 Å². The van der Waals surface area contributed by atoms with Crippen LogP contribution in [0, 0.1) is 5.82 Å². The van der Waals surface area contributed by atoms with Crippen LogP contribution >= 0.6 is 11.8 Å². The Bertz CT molecular complexity index is 329. The number of hydroxylamine groups is 1. The van der Waals surface area contributed by atoms with Gasteiger partial charge in [-0.25, -0.2) is 9.87 Å². The van der Waals surface area contributed by atoms with Crippen LogP contribution in [0.5, 0.6) is 0 Å². The molecular formula is C11H14FNO2S. The van der Waals surface area contributed by atoms with Crippen molar-refractivity contribution in [2.45, 2.75) is 18.2 Å². The first-order valence-corrected chi connectivity index (χ1v) is 6.00. The number of benzene rings is 1. The molecule has 0 radical (unpaired) electrons. The van der Waals surface area contributed by atoms with Gasteiger partial charge in [-0.1, -0.05) is 0 Å². The Labute approximate surface area is 98.3 Å². The first-order chi connectivity index (χ1) is 7.72. The monoisotopic (exact) mass is 243 g/mol. The fraction of sp³-hybridized carbons (Fsp3) is 0.364. The number of thioether (sulfide) groups is 1.